The fourth-order valence-corrected chi connectivity index (χ4v) is 3.10. The number of para-hydroxylation sites is 3. The first-order valence-corrected chi connectivity index (χ1v) is 9.25. The molecule has 0 saturated carbocycles. The van der Waals surface area contributed by atoms with E-state index in [9.17, 15) is 4.79 Å². The maximum atomic E-state index is 12.7. The monoisotopic (exact) mass is 390 g/mol. The number of rotatable bonds is 7. The molecule has 1 aliphatic rings. The minimum Gasteiger partial charge on any atom is -0.490 e. The third kappa shape index (κ3) is 5.88. The molecule has 1 aliphatic heterocycles. The maximum absolute atomic E-state index is 12.7. The van der Waals surface area contributed by atoms with Gasteiger partial charge in [0.1, 0.15) is 5.75 Å². The molecule has 2 N–H and O–H groups in total. The van der Waals surface area contributed by atoms with Crippen molar-refractivity contribution in [2.24, 2.45) is 5.92 Å². The van der Waals surface area contributed by atoms with Crippen molar-refractivity contribution < 1.29 is 14.3 Å². The second-order valence-electron chi connectivity index (χ2n) is 6.40. The van der Waals surface area contributed by atoms with Crippen molar-refractivity contribution >= 4 is 18.3 Å². The highest BCUT2D eigenvalue weighted by atomic mass is 35.5. The smallest absolute Gasteiger partial charge is 0.255 e. The van der Waals surface area contributed by atoms with Gasteiger partial charge >= 0.3 is 0 Å². The van der Waals surface area contributed by atoms with Gasteiger partial charge in [-0.1, -0.05) is 24.3 Å². The molecule has 1 unspecified atom stereocenters. The zero-order chi connectivity index (χ0) is 18.2. The van der Waals surface area contributed by atoms with Crippen LogP contribution in [0.15, 0.2) is 48.5 Å². The van der Waals surface area contributed by atoms with Crippen LogP contribution in [0.1, 0.15) is 30.1 Å². The van der Waals surface area contributed by atoms with Crippen LogP contribution in [0.4, 0.5) is 0 Å². The topological polar surface area (TPSA) is 59.6 Å². The van der Waals surface area contributed by atoms with Crippen molar-refractivity contribution in [3.8, 4) is 17.2 Å². The van der Waals surface area contributed by atoms with E-state index in [2.05, 4.69) is 10.6 Å². The van der Waals surface area contributed by atoms with Gasteiger partial charge in [-0.3, -0.25) is 4.79 Å². The Morgan fingerprint density at radius 1 is 1.11 bits per heavy atom. The Kier molecular flexibility index (Phi) is 8.43. The Hall–Kier alpha value is -2.24. The second-order valence-corrected chi connectivity index (χ2v) is 6.40. The van der Waals surface area contributed by atoms with Gasteiger partial charge < -0.3 is 20.1 Å². The van der Waals surface area contributed by atoms with Crippen molar-refractivity contribution in [2.45, 2.75) is 19.8 Å². The summed E-state index contributed by atoms with van der Waals surface area (Å²) in [6, 6.07) is 14.8. The van der Waals surface area contributed by atoms with Crippen LogP contribution in [0, 0.1) is 5.92 Å². The molecule has 1 amide bonds. The molecule has 1 atom stereocenters. The minimum atomic E-state index is -0.111. The van der Waals surface area contributed by atoms with Gasteiger partial charge in [0.2, 0.25) is 0 Å². The highest BCUT2D eigenvalue weighted by Crippen LogP contribution is 2.32. The first kappa shape index (κ1) is 21.1. The summed E-state index contributed by atoms with van der Waals surface area (Å²) < 4.78 is 11.6. The predicted molar refractivity (Wildman–Crippen MR) is 109 cm³/mol. The normalized spacial score (nSPS) is 16.1. The first-order chi connectivity index (χ1) is 12.8. The van der Waals surface area contributed by atoms with E-state index in [-0.39, 0.29) is 18.3 Å². The van der Waals surface area contributed by atoms with Gasteiger partial charge in [-0.05, 0) is 63.0 Å². The molecule has 6 heteroatoms. The molecule has 0 aliphatic carbocycles. The molecular formula is C21H27ClN2O3. The second kappa shape index (κ2) is 10.8. The largest absolute Gasteiger partial charge is 0.490 e. The SMILES string of the molecule is CCOc1ccccc1Oc1ccccc1C(=O)NCC1CCCNC1.Cl. The van der Waals surface area contributed by atoms with E-state index in [0.717, 1.165) is 25.9 Å². The van der Waals surface area contributed by atoms with Gasteiger partial charge in [0.05, 0.1) is 12.2 Å². The van der Waals surface area contributed by atoms with Crippen molar-refractivity contribution in [3.05, 3.63) is 54.1 Å². The van der Waals surface area contributed by atoms with Gasteiger partial charge in [0.25, 0.3) is 5.91 Å². The summed E-state index contributed by atoms with van der Waals surface area (Å²) in [5.74, 6) is 2.17. The maximum Gasteiger partial charge on any atom is 0.255 e. The summed E-state index contributed by atoms with van der Waals surface area (Å²) in [7, 11) is 0. The Labute approximate surface area is 166 Å². The average Bonchev–Trinajstić information content (AvgIpc) is 2.69. The zero-order valence-corrected chi connectivity index (χ0v) is 16.4. The quantitative estimate of drug-likeness (QED) is 0.749. The van der Waals surface area contributed by atoms with Crippen LogP contribution in [0.25, 0.3) is 0 Å². The molecule has 1 saturated heterocycles. The number of benzene rings is 2. The summed E-state index contributed by atoms with van der Waals surface area (Å²) in [6.45, 7) is 5.19. The van der Waals surface area contributed by atoms with E-state index in [1.54, 1.807) is 12.1 Å². The van der Waals surface area contributed by atoms with Gasteiger partial charge in [-0.15, -0.1) is 12.4 Å². The number of amides is 1. The van der Waals surface area contributed by atoms with E-state index in [0.29, 0.717) is 41.9 Å². The lowest BCUT2D eigenvalue weighted by Crippen LogP contribution is -2.38. The first-order valence-electron chi connectivity index (χ1n) is 9.25. The Bertz CT molecular complexity index is 733. The van der Waals surface area contributed by atoms with Crippen LogP contribution in [-0.4, -0.2) is 32.1 Å². The van der Waals surface area contributed by atoms with Crippen LogP contribution in [-0.2, 0) is 0 Å². The molecule has 1 fully saturated rings. The predicted octanol–water partition coefficient (Wildman–Crippen LogP) is 4.03. The third-order valence-electron chi connectivity index (χ3n) is 4.45. The van der Waals surface area contributed by atoms with Crippen LogP contribution in [0.2, 0.25) is 0 Å². The standard InChI is InChI=1S/C21H26N2O3.ClH/c1-2-25-19-11-5-6-12-20(19)26-18-10-4-3-9-17(18)21(24)23-15-16-8-7-13-22-14-16;/h3-6,9-12,16,22H,2,7-8,13-15H2,1H3,(H,23,24);1H. The Morgan fingerprint density at radius 3 is 2.52 bits per heavy atom. The Balaban J connectivity index is 0.00000261. The molecule has 146 valence electrons. The summed E-state index contributed by atoms with van der Waals surface area (Å²) in [6.07, 6.45) is 2.31. The number of hydrogen-bond donors (Lipinski definition) is 2. The summed E-state index contributed by atoms with van der Waals surface area (Å²) in [5.41, 5.74) is 0.530. The van der Waals surface area contributed by atoms with Gasteiger partial charge in [-0.25, -0.2) is 0 Å². The van der Waals surface area contributed by atoms with Crippen molar-refractivity contribution in [2.75, 3.05) is 26.2 Å². The highest BCUT2D eigenvalue weighted by Gasteiger charge is 2.17. The summed E-state index contributed by atoms with van der Waals surface area (Å²) in [4.78, 5) is 12.7. The molecule has 2 aromatic rings. The molecule has 0 bridgehead atoms. The van der Waals surface area contributed by atoms with Crippen LogP contribution in [0.5, 0.6) is 17.2 Å². The summed E-state index contributed by atoms with van der Waals surface area (Å²) in [5, 5.41) is 6.42. The zero-order valence-electron chi connectivity index (χ0n) is 15.6. The van der Waals surface area contributed by atoms with E-state index >= 15 is 0 Å². The lowest BCUT2D eigenvalue weighted by atomic mass is 9.99. The number of ether oxygens (including phenoxy) is 2. The van der Waals surface area contributed by atoms with Crippen LogP contribution < -0.4 is 20.1 Å². The minimum absolute atomic E-state index is 0. The lowest BCUT2D eigenvalue weighted by molar-refractivity contribution is 0.0942. The average molecular weight is 391 g/mol. The van der Waals surface area contributed by atoms with Gasteiger partial charge in [-0.2, -0.15) is 0 Å². The molecule has 0 radical (unpaired) electrons. The highest BCUT2D eigenvalue weighted by molar-refractivity contribution is 5.97. The number of carbonyl (C=O) groups is 1. The van der Waals surface area contributed by atoms with E-state index in [1.165, 1.54) is 0 Å². The number of halogens is 1. The fourth-order valence-electron chi connectivity index (χ4n) is 3.10. The molecule has 1 heterocycles. The van der Waals surface area contributed by atoms with Crippen LogP contribution >= 0.6 is 12.4 Å². The van der Waals surface area contributed by atoms with E-state index in [1.807, 2.05) is 43.3 Å². The lowest BCUT2D eigenvalue weighted by Gasteiger charge is -2.23. The molecular weight excluding hydrogens is 364 g/mol. The van der Waals surface area contributed by atoms with Gasteiger partial charge in [0, 0.05) is 6.54 Å². The molecule has 5 nitrogen and oxygen atoms in total. The van der Waals surface area contributed by atoms with Crippen molar-refractivity contribution in [1.29, 1.82) is 0 Å². The number of piperidine rings is 1. The van der Waals surface area contributed by atoms with Crippen molar-refractivity contribution in [1.82, 2.24) is 10.6 Å². The molecule has 3 rings (SSSR count). The van der Waals surface area contributed by atoms with E-state index in [4.69, 9.17) is 9.47 Å². The van der Waals surface area contributed by atoms with E-state index < -0.39 is 0 Å². The molecule has 0 spiro atoms. The van der Waals surface area contributed by atoms with Crippen LogP contribution in [0.3, 0.4) is 0 Å². The number of hydrogen-bond acceptors (Lipinski definition) is 4. The number of nitrogens with one attached hydrogen (secondary N) is 2. The van der Waals surface area contributed by atoms with Crippen molar-refractivity contribution in [3.63, 3.8) is 0 Å². The number of carbonyl (C=O) groups excluding carboxylic acids is 1. The molecule has 27 heavy (non-hydrogen) atoms. The molecule has 2 aromatic carbocycles. The summed E-state index contributed by atoms with van der Waals surface area (Å²) >= 11 is 0. The third-order valence-corrected chi connectivity index (χ3v) is 4.45. The molecule has 0 aromatic heterocycles. The fraction of sp³-hybridized carbons (Fsp3) is 0.381. The Morgan fingerprint density at radius 2 is 1.81 bits per heavy atom. The van der Waals surface area contributed by atoms with Gasteiger partial charge in [0.15, 0.2) is 11.5 Å².